The number of halogens is 2. The van der Waals surface area contributed by atoms with E-state index in [1.54, 1.807) is 24.3 Å². The van der Waals surface area contributed by atoms with Gasteiger partial charge in [-0.05, 0) is 36.4 Å². The van der Waals surface area contributed by atoms with E-state index >= 15 is 0 Å². The van der Waals surface area contributed by atoms with Crippen molar-refractivity contribution in [2.75, 3.05) is 4.90 Å². The quantitative estimate of drug-likeness (QED) is 0.787. The van der Waals surface area contributed by atoms with E-state index in [1.807, 2.05) is 0 Å². The molecular formula is C17H10ClFN2O3. The van der Waals surface area contributed by atoms with Crippen LogP contribution in [-0.4, -0.2) is 23.6 Å². The van der Waals surface area contributed by atoms with Gasteiger partial charge in [0.2, 0.25) is 12.0 Å². The lowest BCUT2D eigenvalue weighted by molar-refractivity contribution is -0.126. The lowest BCUT2D eigenvalue weighted by atomic mass is 9.94. The largest absolute Gasteiger partial charge is 0.381 e. The van der Waals surface area contributed by atoms with Crippen LogP contribution in [0.1, 0.15) is 5.56 Å². The molecule has 5 nitrogen and oxygen atoms in total. The molecule has 0 spiro atoms. The third kappa shape index (κ3) is 2.18. The minimum Gasteiger partial charge on any atom is -0.381 e. The molecule has 2 amide bonds. The molecule has 4 rings (SSSR count). The van der Waals surface area contributed by atoms with Gasteiger partial charge in [0.25, 0.3) is 5.91 Å². The molecule has 7 heteroatoms. The van der Waals surface area contributed by atoms with Gasteiger partial charge in [-0.25, -0.2) is 9.29 Å². The molecule has 1 saturated heterocycles. The summed E-state index contributed by atoms with van der Waals surface area (Å²) in [5, 5.41) is 4.37. The second kappa shape index (κ2) is 5.42. The molecule has 24 heavy (non-hydrogen) atoms. The molecule has 2 aromatic carbocycles. The summed E-state index contributed by atoms with van der Waals surface area (Å²) < 4.78 is 13.1. The van der Waals surface area contributed by atoms with E-state index in [0.717, 1.165) is 4.90 Å². The Balaban J connectivity index is 1.69. The smallest absolute Gasteiger partial charge is 0.278 e. The van der Waals surface area contributed by atoms with Gasteiger partial charge in [-0.15, -0.1) is 0 Å². The fourth-order valence-corrected chi connectivity index (χ4v) is 3.01. The van der Waals surface area contributed by atoms with Crippen LogP contribution in [0.5, 0.6) is 0 Å². The highest BCUT2D eigenvalue weighted by Crippen LogP contribution is 2.35. The Kier molecular flexibility index (Phi) is 3.35. The molecule has 0 aliphatic carbocycles. The molecular weight excluding hydrogens is 335 g/mol. The van der Waals surface area contributed by atoms with Gasteiger partial charge in [-0.2, -0.15) is 0 Å². The van der Waals surface area contributed by atoms with E-state index < -0.39 is 29.7 Å². The number of benzene rings is 2. The van der Waals surface area contributed by atoms with Crippen molar-refractivity contribution >= 4 is 34.8 Å². The topological polar surface area (TPSA) is 59.0 Å². The number of hydrogen-bond acceptors (Lipinski definition) is 4. The highest BCUT2D eigenvalue weighted by molar-refractivity contribution is 6.33. The predicted molar refractivity (Wildman–Crippen MR) is 85.2 cm³/mol. The molecule has 120 valence electrons. The van der Waals surface area contributed by atoms with E-state index in [2.05, 4.69) is 5.16 Å². The Labute approximate surface area is 141 Å². The van der Waals surface area contributed by atoms with E-state index in [-0.39, 0.29) is 0 Å². The van der Waals surface area contributed by atoms with Crippen LogP contribution in [0, 0.1) is 11.7 Å². The first-order valence-corrected chi connectivity index (χ1v) is 7.57. The summed E-state index contributed by atoms with van der Waals surface area (Å²) in [4.78, 5) is 31.6. The number of nitrogens with zero attached hydrogens (tertiary/aromatic N) is 2. The maximum Gasteiger partial charge on any atom is 0.278 e. The molecule has 2 aliphatic heterocycles. The lowest BCUT2D eigenvalue weighted by Crippen LogP contribution is -2.33. The van der Waals surface area contributed by atoms with E-state index in [9.17, 15) is 14.0 Å². The highest BCUT2D eigenvalue weighted by Gasteiger charge is 2.56. The van der Waals surface area contributed by atoms with E-state index in [1.165, 1.54) is 24.3 Å². The minimum atomic E-state index is -0.992. The molecule has 1 fully saturated rings. The normalized spacial score (nSPS) is 22.4. The van der Waals surface area contributed by atoms with Gasteiger partial charge < -0.3 is 4.84 Å². The van der Waals surface area contributed by atoms with Gasteiger partial charge in [0, 0.05) is 10.6 Å². The zero-order chi connectivity index (χ0) is 16.8. The Morgan fingerprint density at radius 3 is 2.33 bits per heavy atom. The van der Waals surface area contributed by atoms with Crippen LogP contribution in [0.3, 0.4) is 0 Å². The van der Waals surface area contributed by atoms with Gasteiger partial charge >= 0.3 is 0 Å². The van der Waals surface area contributed by atoms with Gasteiger partial charge in [0.1, 0.15) is 17.4 Å². The zero-order valence-electron chi connectivity index (χ0n) is 12.1. The average Bonchev–Trinajstić information content (AvgIpc) is 3.11. The number of carbonyl (C=O) groups is 2. The van der Waals surface area contributed by atoms with Crippen molar-refractivity contribution in [2.24, 2.45) is 11.1 Å². The second-order valence-corrected chi connectivity index (χ2v) is 5.91. The van der Waals surface area contributed by atoms with Gasteiger partial charge in [-0.3, -0.25) is 9.59 Å². The summed E-state index contributed by atoms with van der Waals surface area (Å²) in [6, 6.07) is 11.9. The fourth-order valence-electron chi connectivity index (χ4n) is 2.88. The van der Waals surface area contributed by atoms with Crippen molar-refractivity contribution in [3.05, 3.63) is 64.9 Å². The van der Waals surface area contributed by atoms with Crippen molar-refractivity contribution in [1.82, 2.24) is 0 Å². The second-order valence-electron chi connectivity index (χ2n) is 5.48. The number of oxime groups is 1. The number of carbonyl (C=O) groups excluding carboxylic acids is 2. The van der Waals surface area contributed by atoms with Crippen LogP contribution in [0.25, 0.3) is 0 Å². The third-order valence-electron chi connectivity index (χ3n) is 4.04. The highest BCUT2D eigenvalue weighted by atomic mass is 35.5. The Morgan fingerprint density at radius 2 is 1.67 bits per heavy atom. The number of fused-ring (bicyclic) bond motifs is 1. The van der Waals surface area contributed by atoms with Crippen LogP contribution in [0.4, 0.5) is 10.1 Å². The summed E-state index contributed by atoms with van der Waals surface area (Å²) in [5.74, 6) is -2.13. The SMILES string of the molecule is O=C1[C@H]2C(c3ccc(F)cc3)=NO[C@H]2C(=O)N1c1ccc(Cl)cc1. The maximum atomic E-state index is 13.1. The van der Waals surface area contributed by atoms with Crippen molar-refractivity contribution in [1.29, 1.82) is 0 Å². The molecule has 2 atom stereocenters. The first kappa shape index (κ1) is 14.8. The Morgan fingerprint density at radius 1 is 1.00 bits per heavy atom. The number of imide groups is 1. The van der Waals surface area contributed by atoms with E-state index in [0.29, 0.717) is 22.0 Å². The van der Waals surface area contributed by atoms with Crippen LogP contribution in [0.15, 0.2) is 53.7 Å². The summed E-state index contributed by atoms with van der Waals surface area (Å²) in [6.07, 6.45) is -0.992. The van der Waals surface area contributed by atoms with Crippen LogP contribution in [0.2, 0.25) is 5.02 Å². The molecule has 0 saturated carbocycles. The van der Waals surface area contributed by atoms with Crippen molar-refractivity contribution in [3.63, 3.8) is 0 Å². The van der Waals surface area contributed by atoms with Crippen LogP contribution in [-0.2, 0) is 14.4 Å². The van der Waals surface area contributed by atoms with Crippen LogP contribution < -0.4 is 4.90 Å². The molecule has 2 aromatic rings. The van der Waals surface area contributed by atoms with Gasteiger partial charge in [0.05, 0.1) is 5.69 Å². The van der Waals surface area contributed by atoms with Crippen molar-refractivity contribution in [2.45, 2.75) is 6.10 Å². The van der Waals surface area contributed by atoms with Crippen LogP contribution >= 0.6 is 11.6 Å². The fraction of sp³-hybridized carbons (Fsp3) is 0.118. The minimum absolute atomic E-state index is 0.329. The van der Waals surface area contributed by atoms with E-state index in [4.69, 9.17) is 16.4 Å². The van der Waals surface area contributed by atoms with Gasteiger partial charge in [-0.1, -0.05) is 28.9 Å². The molecule has 2 heterocycles. The first-order chi connectivity index (χ1) is 11.6. The molecule has 0 unspecified atom stereocenters. The molecule has 0 radical (unpaired) electrons. The lowest BCUT2D eigenvalue weighted by Gasteiger charge is -2.15. The van der Waals surface area contributed by atoms with Crippen molar-refractivity contribution in [3.8, 4) is 0 Å². The predicted octanol–water partition coefficient (Wildman–Crippen LogP) is 2.77. The van der Waals surface area contributed by atoms with Gasteiger partial charge in [0.15, 0.2) is 0 Å². The summed E-state index contributed by atoms with van der Waals surface area (Å²) in [7, 11) is 0. The number of rotatable bonds is 2. The summed E-state index contributed by atoms with van der Waals surface area (Å²) >= 11 is 5.84. The number of amides is 2. The van der Waals surface area contributed by atoms with Crippen molar-refractivity contribution < 1.29 is 18.8 Å². The number of hydrogen-bond donors (Lipinski definition) is 0. The zero-order valence-corrected chi connectivity index (χ0v) is 12.9. The molecule has 0 aromatic heterocycles. The monoisotopic (exact) mass is 344 g/mol. The standard InChI is InChI=1S/C17H10ClFN2O3/c18-10-3-7-12(8-4-10)21-16(22)13-14(20-24-15(13)17(21)23)9-1-5-11(19)6-2-9/h1-8,13,15H/t13-,15+/m0/s1. The summed E-state index contributed by atoms with van der Waals surface area (Å²) in [6.45, 7) is 0. The first-order valence-electron chi connectivity index (χ1n) is 7.19. The molecule has 0 bridgehead atoms. The maximum absolute atomic E-state index is 13.1. The molecule has 0 N–H and O–H groups in total. The Bertz CT molecular complexity index is 864. The average molecular weight is 345 g/mol. The molecule has 2 aliphatic rings. The number of anilines is 1. The summed E-state index contributed by atoms with van der Waals surface area (Å²) in [5.41, 5.74) is 1.30. The Hall–Kier alpha value is -2.73. The third-order valence-corrected chi connectivity index (χ3v) is 4.29.